The van der Waals surface area contributed by atoms with E-state index in [-0.39, 0.29) is 11.5 Å². The zero-order valence-electron chi connectivity index (χ0n) is 15.8. The number of ether oxygens (including phenoxy) is 1. The number of phenols is 2. The molecule has 0 unspecified atom stereocenters. The molecule has 3 aromatic rings. The first-order chi connectivity index (χ1) is 13.0. The van der Waals surface area contributed by atoms with Crippen molar-refractivity contribution < 1.29 is 14.9 Å². The molecule has 0 aliphatic rings. The lowest BCUT2D eigenvalue weighted by Crippen LogP contribution is -2.05. The van der Waals surface area contributed by atoms with Gasteiger partial charge in [0, 0.05) is 31.9 Å². The van der Waals surface area contributed by atoms with Crippen molar-refractivity contribution in [2.45, 2.75) is 32.7 Å². The molecule has 0 fully saturated rings. The van der Waals surface area contributed by atoms with Gasteiger partial charge in [-0.25, -0.2) is 4.68 Å². The summed E-state index contributed by atoms with van der Waals surface area (Å²) in [6, 6.07) is 11.1. The second-order valence-corrected chi connectivity index (χ2v) is 6.74. The summed E-state index contributed by atoms with van der Waals surface area (Å²) in [6.07, 6.45) is 0.747. The van der Waals surface area contributed by atoms with Gasteiger partial charge in [-0.3, -0.25) is 0 Å². The number of hydrogen-bond acceptors (Lipinski definition) is 6. The summed E-state index contributed by atoms with van der Waals surface area (Å²) in [7, 11) is 1.64. The lowest BCUT2D eigenvalue weighted by atomic mass is 9.95. The molecule has 0 aliphatic heterocycles. The third-order valence-electron chi connectivity index (χ3n) is 4.47. The Hall–Kier alpha value is -2.93. The van der Waals surface area contributed by atoms with Crippen LogP contribution in [0, 0.1) is 0 Å². The van der Waals surface area contributed by atoms with Crippen molar-refractivity contribution in [3.8, 4) is 34.0 Å². The summed E-state index contributed by atoms with van der Waals surface area (Å²) in [4.78, 5) is 0. The number of tetrazole rings is 1. The molecule has 27 heavy (non-hydrogen) atoms. The van der Waals surface area contributed by atoms with Gasteiger partial charge in [-0.15, -0.1) is 5.10 Å². The number of methoxy groups -OCH3 is 1. The van der Waals surface area contributed by atoms with Crippen molar-refractivity contribution in [1.82, 2.24) is 20.2 Å². The summed E-state index contributed by atoms with van der Waals surface area (Å²) < 4.78 is 6.69. The van der Waals surface area contributed by atoms with Gasteiger partial charge in [-0.1, -0.05) is 38.1 Å². The number of aromatic nitrogens is 4. The Bertz CT molecular complexity index is 921. The quantitative estimate of drug-likeness (QED) is 0.619. The van der Waals surface area contributed by atoms with Crippen LogP contribution in [0.3, 0.4) is 0 Å². The molecule has 7 nitrogen and oxygen atoms in total. The molecule has 2 N–H and O–H groups in total. The normalized spacial score (nSPS) is 11.3. The molecule has 0 aliphatic carbocycles. The van der Waals surface area contributed by atoms with E-state index >= 15 is 0 Å². The number of aromatic hydroxyl groups is 2. The van der Waals surface area contributed by atoms with Crippen LogP contribution in [0.5, 0.6) is 11.5 Å². The maximum atomic E-state index is 10.4. The largest absolute Gasteiger partial charge is 0.507 e. The molecular weight excluding hydrogens is 344 g/mol. The molecule has 0 saturated carbocycles. The van der Waals surface area contributed by atoms with E-state index in [2.05, 4.69) is 35.4 Å². The maximum absolute atomic E-state index is 10.4. The van der Waals surface area contributed by atoms with Gasteiger partial charge in [-0.05, 0) is 40.0 Å². The van der Waals surface area contributed by atoms with E-state index in [0.717, 1.165) is 12.0 Å². The van der Waals surface area contributed by atoms with Crippen LogP contribution in [-0.4, -0.2) is 44.1 Å². The van der Waals surface area contributed by atoms with Crippen molar-refractivity contribution in [2.75, 3.05) is 13.7 Å². The van der Waals surface area contributed by atoms with Crippen molar-refractivity contribution in [2.24, 2.45) is 0 Å². The topological polar surface area (TPSA) is 93.3 Å². The lowest BCUT2D eigenvalue weighted by Gasteiger charge is -2.12. The van der Waals surface area contributed by atoms with Crippen molar-refractivity contribution in [3.63, 3.8) is 0 Å². The average molecular weight is 368 g/mol. The van der Waals surface area contributed by atoms with E-state index < -0.39 is 0 Å². The van der Waals surface area contributed by atoms with Gasteiger partial charge in [-0.2, -0.15) is 0 Å². The number of hydrogen-bond donors (Lipinski definition) is 2. The number of phenolic OH excluding ortho intramolecular Hbond substituents is 2. The highest BCUT2D eigenvalue weighted by Gasteiger charge is 2.17. The first-order valence-corrected chi connectivity index (χ1v) is 8.93. The van der Waals surface area contributed by atoms with Crippen LogP contribution in [-0.2, 0) is 11.3 Å². The fourth-order valence-electron chi connectivity index (χ4n) is 2.96. The molecule has 0 amide bonds. The molecule has 7 heteroatoms. The summed E-state index contributed by atoms with van der Waals surface area (Å²) in [6.45, 7) is 5.40. The molecule has 1 aromatic heterocycles. The van der Waals surface area contributed by atoms with Gasteiger partial charge >= 0.3 is 0 Å². The number of rotatable bonds is 7. The van der Waals surface area contributed by atoms with E-state index in [1.807, 2.05) is 18.2 Å². The minimum Gasteiger partial charge on any atom is -0.507 e. The van der Waals surface area contributed by atoms with Crippen LogP contribution >= 0.6 is 0 Å². The van der Waals surface area contributed by atoms with Gasteiger partial charge in [0.05, 0.1) is 5.56 Å². The third-order valence-corrected chi connectivity index (χ3v) is 4.47. The molecule has 0 bridgehead atoms. The highest BCUT2D eigenvalue weighted by Crippen LogP contribution is 2.39. The summed E-state index contributed by atoms with van der Waals surface area (Å²) in [5.41, 5.74) is 3.14. The van der Waals surface area contributed by atoms with Crippen molar-refractivity contribution >= 4 is 0 Å². The van der Waals surface area contributed by atoms with Gasteiger partial charge in [0.2, 0.25) is 0 Å². The highest BCUT2D eigenvalue weighted by atomic mass is 16.5. The Kier molecular flexibility index (Phi) is 5.71. The van der Waals surface area contributed by atoms with E-state index in [0.29, 0.717) is 36.0 Å². The fourth-order valence-corrected chi connectivity index (χ4v) is 2.96. The first kappa shape index (κ1) is 18.8. The maximum Gasteiger partial charge on any atom is 0.185 e. The zero-order valence-corrected chi connectivity index (χ0v) is 15.8. The van der Waals surface area contributed by atoms with E-state index in [4.69, 9.17) is 4.74 Å². The molecule has 0 saturated heterocycles. The Morgan fingerprint density at radius 3 is 2.59 bits per heavy atom. The van der Waals surface area contributed by atoms with Crippen LogP contribution in [0.15, 0.2) is 36.4 Å². The van der Waals surface area contributed by atoms with E-state index in [9.17, 15) is 10.2 Å². The van der Waals surface area contributed by atoms with Crippen LogP contribution in [0.1, 0.15) is 31.7 Å². The Morgan fingerprint density at radius 1 is 1.07 bits per heavy atom. The van der Waals surface area contributed by atoms with Gasteiger partial charge in [0.25, 0.3) is 0 Å². The minimum atomic E-state index is -0.0703. The zero-order chi connectivity index (χ0) is 19.4. The van der Waals surface area contributed by atoms with Crippen LogP contribution in [0.4, 0.5) is 0 Å². The second kappa shape index (κ2) is 8.18. The number of benzene rings is 2. The summed E-state index contributed by atoms with van der Waals surface area (Å²) in [5.74, 6) is 0.760. The second-order valence-electron chi connectivity index (χ2n) is 6.74. The fraction of sp³-hybridized carbons (Fsp3) is 0.350. The first-order valence-electron chi connectivity index (χ1n) is 8.93. The Morgan fingerprint density at radius 2 is 1.85 bits per heavy atom. The minimum absolute atomic E-state index is 0.00978. The Labute approximate surface area is 158 Å². The molecule has 0 spiro atoms. The van der Waals surface area contributed by atoms with Crippen LogP contribution in [0.2, 0.25) is 0 Å². The standard InChI is InChI=1S/C20H24N4O3/c1-13(2)14-6-4-7-15(10-14)16-11-17(19(26)12-18(16)25)20-21-22-23-24(20)8-5-9-27-3/h4,6-7,10-13,25-26H,5,8-9H2,1-3H3. The monoisotopic (exact) mass is 368 g/mol. The smallest absolute Gasteiger partial charge is 0.185 e. The highest BCUT2D eigenvalue weighted by molar-refractivity contribution is 5.79. The molecule has 0 atom stereocenters. The van der Waals surface area contributed by atoms with Crippen molar-refractivity contribution in [1.29, 1.82) is 0 Å². The third kappa shape index (κ3) is 4.09. The number of nitrogens with zero attached hydrogens (tertiary/aromatic N) is 4. The predicted molar refractivity (Wildman–Crippen MR) is 103 cm³/mol. The van der Waals surface area contributed by atoms with Gasteiger partial charge < -0.3 is 14.9 Å². The Balaban J connectivity index is 2.03. The van der Waals surface area contributed by atoms with Crippen molar-refractivity contribution in [3.05, 3.63) is 42.0 Å². The predicted octanol–water partition coefficient (Wildman–Crippen LogP) is 3.58. The summed E-state index contributed by atoms with van der Waals surface area (Å²) >= 11 is 0. The lowest BCUT2D eigenvalue weighted by molar-refractivity contribution is 0.189. The summed E-state index contributed by atoms with van der Waals surface area (Å²) in [5, 5.41) is 32.6. The van der Waals surface area contributed by atoms with Gasteiger partial charge in [0.15, 0.2) is 5.82 Å². The molecule has 3 rings (SSSR count). The van der Waals surface area contributed by atoms with Crippen LogP contribution in [0.25, 0.3) is 22.5 Å². The van der Waals surface area contributed by atoms with Crippen LogP contribution < -0.4 is 0 Å². The molecule has 142 valence electrons. The van der Waals surface area contributed by atoms with Gasteiger partial charge in [0.1, 0.15) is 11.5 Å². The van der Waals surface area contributed by atoms with E-state index in [1.54, 1.807) is 17.9 Å². The number of aryl methyl sites for hydroxylation is 1. The molecule has 2 aromatic carbocycles. The average Bonchev–Trinajstić information content (AvgIpc) is 3.10. The van der Waals surface area contributed by atoms with E-state index in [1.165, 1.54) is 11.6 Å². The molecule has 1 heterocycles. The molecular formula is C20H24N4O3. The SMILES string of the molecule is COCCCn1nnnc1-c1cc(-c2cccc(C(C)C)c2)c(O)cc1O. The molecule has 0 radical (unpaired) electrons.